The molecule has 2 N–H and O–H groups in total. The van der Waals surface area contributed by atoms with E-state index in [-0.39, 0.29) is 0 Å². The summed E-state index contributed by atoms with van der Waals surface area (Å²) in [5.41, 5.74) is 1.95. The van der Waals surface area contributed by atoms with Gasteiger partial charge < -0.3 is 10.6 Å². The first-order valence-electron chi connectivity index (χ1n) is 5.33. The molecule has 0 bridgehead atoms. The van der Waals surface area contributed by atoms with Crippen LogP contribution in [0.4, 0.5) is 17.5 Å². The third-order valence-corrected chi connectivity index (χ3v) is 3.53. The maximum absolute atomic E-state index is 4.38. The molecule has 0 atom stereocenters. The van der Waals surface area contributed by atoms with Gasteiger partial charge >= 0.3 is 0 Å². The predicted molar refractivity (Wildman–Crippen MR) is 81.4 cm³/mol. The van der Waals surface area contributed by atoms with Gasteiger partial charge in [0.25, 0.3) is 0 Å². The zero-order valence-corrected chi connectivity index (χ0v) is 13.1. The molecule has 1 aromatic heterocycles. The number of aryl methyl sites for hydroxylation is 1. The van der Waals surface area contributed by atoms with Crippen molar-refractivity contribution in [2.45, 2.75) is 6.92 Å². The van der Waals surface area contributed by atoms with Crippen molar-refractivity contribution < 1.29 is 0 Å². The molecule has 94 valence electrons. The maximum atomic E-state index is 4.38. The number of nitrogens with zero attached hydrogens (tertiary/aromatic N) is 2. The van der Waals surface area contributed by atoms with Crippen molar-refractivity contribution in [1.82, 2.24) is 9.97 Å². The van der Waals surface area contributed by atoms with Gasteiger partial charge in [0.2, 0.25) is 5.95 Å². The predicted octanol–water partition coefficient (Wildman–Crippen LogP) is 4.10. The Kier molecular flexibility index (Phi) is 4.19. The Hall–Kier alpha value is -1.14. The molecule has 6 heteroatoms. The zero-order chi connectivity index (χ0) is 13.1. The van der Waals surface area contributed by atoms with E-state index in [0.29, 0.717) is 5.95 Å². The van der Waals surface area contributed by atoms with Crippen molar-refractivity contribution in [3.8, 4) is 0 Å². The number of hydrogen-bond acceptors (Lipinski definition) is 4. The van der Waals surface area contributed by atoms with Crippen molar-refractivity contribution in [1.29, 1.82) is 0 Å². The van der Waals surface area contributed by atoms with E-state index in [9.17, 15) is 0 Å². The Balaban J connectivity index is 2.33. The molecule has 0 aliphatic carbocycles. The van der Waals surface area contributed by atoms with Crippen molar-refractivity contribution in [3.63, 3.8) is 0 Å². The lowest BCUT2D eigenvalue weighted by Gasteiger charge is -2.11. The Labute approximate surface area is 122 Å². The minimum atomic E-state index is 0.594. The summed E-state index contributed by atoms with van der Waals surface area (Å²) in [6.07, 6.45) is 1.79. The van der Waals surface area contributed by atoms with Gasteiger partial charge in [0, 0.05) is 27.8 Å². The number of aromatic nitrogens is 2. The molecule has 0 spiro atoms. The molecule has 1 heterocycles. The highest BCUT2D eigenvalue weighted by molar-refractivity contribution is 9.11. The van der Waals surface area contributed by atoms with Gasteiger partial charge in [-0.1, -0.05) is 15.9 Å². The molecular weight excluding hydrogens is 360 g/mol. The number of rotatable bonds is 3. The fourth-order valence-corrected chi connectivity index (χ4v) is 2.55. The van der Waals surface area contributed by atoms with Crippen LogP contribution in [0.2, 0.25) is 0 Å². The van der Waals surface area contributed by atoms with Crippen LogP contribution in [-0.2, 0) is 0 Å². The van der Waals surface area contributed by atoms with Crippen molar-refractivity contribution >= 4 is 49.3 Å². The van der Waals surface area contributed by atoms with Crippen LogP contribution >= 0.6 is 31.9 Å². The van der Waals surface area contributed by atoms with Crippen LogP contribution in [0.3, 0.4) is 0 Å². The van der Waals surface area contributed by atoms with Gasteiger partial charge in [-0.2, -0.15) is 4.98 Å². The first-order chi connectivity index (χ1) is 8.60. The van der Waals surface area contributed by atoms with Crippen molar-refractivity contribution in [3.05, 3.63) is 38.9 Å². The summed E-state index contributed by atoms with van der Waals surface area (Å²) in [6.45, 7) is 1.97. The highest BCUT2D eigenvalue weighted by Gasteiger charge is 2.06. The van der Waals surface area contributed by atoms with E-state index in [1.807, 2.05) is 25.1 Å². The second kappa shape index (κ2) is 5.67. The summed E-state index contributed by atoms with van der Waals surface area (Å²) in [4.78, 5) is 8.54. The van der Waals surface area contributed by atoms with E-state index in [0.717, 1.165) is 26.0 Å². The monoisotopic (exact) mass is 370 g/mol. The van der Waals surface area contributed by atoms with Gasteiger partial charge in [-0.3, -0.25) is 0 Å². The molecule has 2 aromatic rings. The molecule has 0 radical (unpaired) electrons. The summed E-state index contributed by atoms with van der Waals surface area (Å²) in [7, 11) is 1.80. The molecular formula is C12H12Br2N4. The van der Waals surface area contributed by atoms with Crippen LogP contribution in [0.1, 0.15) is 5.56 Å². The smallest absolute Gasteiger partial charge is 0.224 e. The number of hydrogen-bond donors (Lipinski definition) is 2. The van der Waals surface area contributed by atoms with E-state index < -0.39 is 0 Å². The van der Waals surface area contributed by atoms with Crippen LogP contribution in [0.15, 0.2) is 33.3 Å². The van der Waals surface area contributed by atoms with Gasteiger partial charge in [0.1, 0.15) is 5.82 Å². The molecule has 2 rings (SSSR count). The van der Waals surface area contributed by atoms with Gasteiger partial charge in [0.15, 0.2) is 0 Å². The number of halogens is 2. The molecule has 0 aliphatic rings. The SMILES string of the molecule is CNc1ncc(C)c(Nc2ccc(Br)cc2Br)n1. The lowest BCUT2D eigenvalue weighted by Crippen LogP contribution is -2.02. The minimum absolute atomic E-state index is 0.594. The van der Waals surface area contributed by atoms with Crippen LogP contribution in [0.25, 0.3) is 0 Å². The van der Waals surface area contributed by atoms with Gasteiger partial charge in [-0.15, -0.1) is 0 Å². The molecule has 1 aromatic carbocycles. The van der Waals surface area contributed by atoms with Gasteiger partial charge in [0.05, 0.1) is 5.69 Å². The van der Waals surface area contributed by atoms with Crippen LogP contribution in [-0.4, -0.2) is 17.0 Å². The Morgan fingerprint density at radius 3 is 2.67 bits per heavy atom. The van der Waals surface area contributed by atoms with Crippen LogP contribution < -0.4 is 10.6 Å². The summed E-state index contributed by atoms with van der Waals surface area (Å²) >= 11 is 6.94. The molecule has 0 aliphatic heterocycles. The molecule has 0 fully saturated rings. The lowest BCUT2D eigenvalue weighted by molar-refractivity contribution is 1.12. The van der Waals surface area contributed by atoms with E-state index in [1.54, 1.807) is 13.2 Å². The van der Waals surface area contributed by atoms with E-state index >= 15 is 0 Å². The Bertz CT molecular complexity index is 572. The summed E-state index contributed by atoms with van der Waals surface area (Å²) in [5, 5.41) is 6.21. The summed E-state index contributed by atoms with van der Waals surface area (Å²) < 4.78 is 2.00. The molecule has 0 amide bonds. The highest BCUT2D eigenvalue weighted by atomic mass is 79.9. The van der Waals surface area contributed by atoms with E-state index in [4.69, 9.17) is 0 Å². The van der Waals surface area contributed by atoms with E-state index in [2.05, 4.69) is 52.5 Å². The second-order valence-electron chi connectivity index (χ2n) is 3.72. The van der Waals surface area contributed by atoms with Crippen molar-refractivity contribution in [2.24, 2.45) is 0 Å². The number of anilines is 3. The quantitative estimate of drug-likeness (QED) is 0.852. The van der Waals surface area contributed by atoms with Gasteiger partial charge in [-0.05, 0) is 41.1 Å². The normalized spacial score (nSPS) is 10.2. The van der Waals surface area contributed by atoms with E-state index in [1.165, 1.54) is 0 Å². The number of benzene rings is 1. The second-order valence-corrected chi connectivity index (χ2v) is 5.49. The number of nitrogens with one attached hydrogen (secondary N) is 2. The molecule has 4 nitrogen and oxygen atoms in total. The van der Waals surface area contributed by atoms with Crippen LogP contribution in [0, 0.1) is 6.92 Å². The fraction of sp³-hybridized carbons (Fsp3) is 0.167. The highest BCUT2D eigenvalue weighted by Crippen LogP contribution is 2.29. The average molecular weight is 372 g/mol. The first kappa shape index (κ1) is 13.3. The average Bonchev–Trinajstić information content (AvgIpc) is 2.35. The molecule has 0 saturated heterocycles. The topological polar surface area (TPSA) is 49.8 Å². The van der Waals surface area contributed by atoms with Gasteiger partial charge in [-0.25, -0.2) is 4.98 Å². The maximum Gasteiger partial charge on any atom is 0.224 e. The Morgan fingerprint density at radius 2 is 2.00 bits per heavy atom. The summed E-state index contributed by atoms with van der Waals surface area (Å²) in [5.74, 6) is 1.38. The fourth-order valence-electron chi connectivity index (χ4n) is 1.41. The van der Waals surface area contributed by atoms with Crippen LogP contribution in [0.5, 0.6) is 0 Å². The standard InChI is InChI=1S/C12H12Br2N4/c1-7-6-16-12(15-2)18-11(7)17-10-4-3-8(13)5-9(10)14/h3-6H,1-2H3,(H2,15,16,17,18). The largest absolute Gasteiger partial charge is 0.357 e. The first-order valence-corrected chi connectivity index (χ1v) is 6.92. The lowest BCUT2D eigenvalue weighted by atomic mass is 10.3. The molecule has 0 saturated carbocycles. The zero-order valence-electron chi connectivity index (χ0n) is 9.96. The molecule has 18 heavy (non-hydrogen) atoms. The minimum Gasteiger partial charge on any atom is -0.357 e. The Morgan fingerprint density at radius 1 is 1.22 bits per heavy atom. The summed E-state index contributed by atoms with van der Waals surface area (Å²) in [6, 6.07) is 5.94. The third kappa shape index (κ3) is 3.00. The third-order valence-electron chi connectivity index (χ3n) is 2.38. The van der Waals surface area contributed by atoms with Crippen molar-refractivity contribution in [2.75, 3.05) is 17.7 Å². The molecule has 0 unspecified atom stereocenters.